The fourth-order valence-corrected chi connectivity index (χ4v) is 5.29. The molecule has 3 unspecified atom stereocenters. The van der Waals surface area contributed by atoms with Crippen LogP contribution in [0.1, 0.15) is 77.6 Å². The van der Waals surface area contributed by atoms with Gasteiger partial charge in [0, 0.05) is 6.04 Å². The minimum Gasteiger partial charge on any atom is -0.299 e. The maximum Gasteiger partial charge on any atom is 0.0672 e. The molecule has 1 aliphatic heterocycles. The van der Waals surface area contributed by atoms with Crippen LogP contribution in [0.3, 0.4) is 0 Å². The van der Waals surface area contributed by atoms with Crippen molar-refractivity contribution < 1.29 is 0 Å². The second-order valence-electron chi connectivity index (χ2n) is 7.99. The Balaban J connectivity index is 1.60. The van der Waals surface area contributed by atoms with Gasteiger partial charge in [0.2, 0.25) is 0 Å². The zero-order chi connectivity index (χ0) is 14.7. The third-order valence-electron chi connectivity index (χ3n) is 6.91. The largest absolute Gasteiger partial charge is 0.299 e. The normalized spacial score (nSPS) is 37.2. The third-order valence-corrected chi connectivity index (χ3v) is 6.91. The predicted molar refractivity (Wildman–Crippen MR) is 86.8 cm³/mol. The van der Waals surface area contributed by atoms with Gasteiger partial charge in [0.25, 0.3) is 0 Å². The second-order valence-corrected chi connectivity index (χ2v) is 7.99. The molecule has 2 saturated carbocycles. The molecule has 3 fully saturated rings. The number of rotatable bonds is 2. The molecule has 3 atom stereocenters. The summed E-state index contributed by atoms with van der Waals surface area (Å²) in [7, 11) is 0. The fourth-order valence-electron chi connectivity index (χ4n) is 5.29. The van der Waals surface area contributed by atoms with Gasteiger partial charge in [0.1, 0.15) is 0 Å². The van der Waals surface area contributed by atoms with Crippen LogP contribution in [-0.4, -0.2) is 24.0 Å². The molecular formula is C19H32N2. The summed E-state index contributed by atoms with van der Waals surface area (Å²) < 4.78 is 0. The standard InChI is InChI=1S/C19H32N2/c1-2-16-6-7-17(15-20)18(14-16)21-12-10-19(11-13-21)8-4-3-5-9-19/h16-18H,2-14H2,1H3. The molecule has 2 nitrogen and oxygen atoms in total. The minimum atomic E-state index is 0.299. The Labute approximate surface area is 130 Å². The van der Waals surface area contributed by atoms with Gasteiger partial charge >= 0.3 is 0 Å². The van der Waals surface area contributed by atoms with Crippen molar-refractivity contribution in [2.24, 2.45) is 17.3 Å². The monoisotopic (exact) mass is 288 g/mol. The van der Waals surface area contributed by atoms with E-state index < -0.39 is 0 Å². The molecule has 1 spiro atoms. The van der Waals surface area contributed by atoms with Gasteiger partial charge in [-0.2, -0.15) is 5.26 Å². The van der Waals surface area contributed by atoms with Gasteiger partial charge in [-0.25, -0.2) is 0 Å². The van der Waals surface area contributed by atoms with Gasteiger partial charge in [0.05, 0.1) is 12.0 Å². The smallest absolute Gasteiger partial charge is 0.0672 e. The zero-order valence-corrected chi connectivity index (χ0v) is 13.8. The van der Waals surface area contributed by atoms with Gasteiger partial charge in [0.15, 0.2) is 0 Å². The SMILES string of the molecule is CCC1CCC(C#N)C(N2CCC3(CCCCC3)CC2)C1. The molecule has 0 N–H and O–H groups in total. The highest BCUT2D eigenvalue weighted by atomic mass is 15.2. The van der Waals surface area contributed by atoms with E-state index >= 15 is 0 Å². The molecule has 21 heavy (non-hydrogen) atoms. The van der Waals surface area contributed by atoms with E-state index in [-0.39, 0.29) is 0 Å². The maximum absolute atomic E-state index is 9.52. The Kier molecular flexibility index (Phi) is 4.89. The van der Waals surface area contributed by atoms with Crippen molar-refractivity contribution in [2.45, 2.75) is 83.6 Å². The van der Waals surface area contributed by atoms with Crippen LogP contribution in [0.4, 0.5) is 0 Å². The Bertz CT molecular complexity index is 368. The lowest BCUT2D eigenvalue weighted by Crippen LogP contribution is -2.50. The fraction of sp³-hybridized carbons (Fsp3) is 0.947. The van der Waals surface area contributed by atoms with Gasteiger partial charge in [-0.15, -0.1) is 0 Å². The summed E-state index contributed by atoms with van der Waals surface area (Å²) in [4.78, 5) is 2.70. The lowest BCUT2D eigenvalue weighted by Gasteiger charge is -2.48. The van der Waals surface area contributed by atoms with Crippen LogP contribution in [0.25, 0.3) is 0 Å². The number of nitriles is 1. The van der Waals surface area contributed by atoms with E-state index in [1.807, 2.05) is 0 Å². The topological polar surface area (TPSA) is 27.0 Å². The molecule has 1 heterocycles. The van der Waals surface area contributed by atoms with Crippen LogP contribution in [0.15, 0.2) is 0 Å². The van der Waals surface area contributed by atoms with E-state index in [4.69, 9.17) is 0 Å². The number of hydrogen-bond acceptors (Lipinski definition) is 2. The molecular weight excluding hydrogens is 256 g/mol. The lowest BCUT2D eigenvalue weighted by molar-refractivity contribution is 0.0162. The van der Waals surface area contributed by atoms with Crippen LogP contribution in [-0.2, 0) is 0 Å². The first-order chi connectivity index (χ1) is 10.3. The molecule has 0 amide bonds. The molecule has 0 aromatic carbocycles. The Hall–Kier alpha value is -0.550. The zero-order valence-electron chi connectivity index (χ0n) is 13.8. The highest BCUT2D eigenvalue weighted by Gasteiger charge is 2.40. The highest BCUT2D eigenvalue weighted by molar-refractivity contribution is 4.99. The summed E-state index contributed by atoms with van der Waals surface area (Å²) in [5, 5.41) is 9.52. The Morgan fingerprint density at radius 3 is 2.38 bits per heavy atom. The van der Waals surface area contributed by atoms with E-state index in [1.165, 1.54) is 77.3 Å². The molecule has 0 aromatic rings. The average molecular weight is 288 g/mol. The van der Waals surface area contributed by atoms with E-state index in [9.17, 15) is 5.26 Å². The van der Waals surface area contributed by atoms with E-state index in [1.54, 1.807) is 0 Å². The van der Waals surface area contributed by atoms with E-state index in [0.717, 1.165) is 12.3 Å². The first kappa shape index (κ1) is 15.3. The maximum atomic E-state index is 9.52. The van der Waals surface area contributed by atoms with Gasteiger partial charge in [-0.3, -0.25) is 4.90 Å². The van der Waals surface area contributed by atoms with Crippen molar-refractivity contribution in [1.29, 1.82) is 5.26 Å². The summed E-state index contributed by atoms with van der Waals surface area (Å²) in [6, 6.07) is 3.19. The minimum absolute atomic E-state index is 0.299. The summed E-state index contributed by atoms with van der Waals surface area (Å²) in [5.41, 5.74) is 0.690. The average Bonchev–Trinajstić information content (AvgIpc) is 2.56. The van der Waals surface area contributed by atoms with Crippen LogP contribution in [0.2, 0.25) is 0 Å². The molecule has 0 bridgehead atoms. The molecule has 1 saturated heterocycles. The summed E-state index contributed by atoms with van der Waals surface area (Å²) >= 11 is 0. The molecule has 2 aliphatic carbocycles. The summed E-state index contributed by atoms with van der Waals surface area (Å²) in [6.45, 7) is 4.85. The number of nitrogens with zero attached hydrogens (tertiary/aromatic N) is 2. The van der Waals surface area contributed by atoms with Crippen LogP contribution in [0.5, 0.6) is 0 Å². The van der Waals surface area contributed by atoms with Gasteiger partial charge < -0.3 is 0 Å². The van der Waals surface area contributed by atoms with E-state index in [0.29, 0.717) is 17.4 Å². The lowest BCUT2D eigenvalue weighted by atomic mass is 9.67. The van der Waals surface area contributed by atoms with Crippen molar-refractivity contribution >= 4 is 0 Å². The van der Waals surface area contributed by atoms with Crippen molar-refractivity contribution in [3.63, 3.8) is 0 Å². The number of likely N-dealkylation sites (tertiary alicyclic amines) is 1. The van der Waals surface area contributed by atoms with Gasteiger partial charge in [-0.05, 0) is 69.4 Å². The van der Waals surface area contributed by atoms with Crippen molar-refractivity contribution in [3.8, 4) is 6.07 Å². The first-order valence-corrected chi connectivity index (χ1v) is 9.40. The van der Waals surface area contributed by atoms with Crippen LogP contribution in [0, 0.1) is 28.6 Å². The third kappa shape index (κ3) is 3.29. The van der Waals surface area contributed by atoms with Gasteiger partial charge in [-0.1, -0.05) is 32.6 Å². The van der Waals surface area contributed by atoms with Crippen molar-refractivity contribution in [3.05, 3.63) is 0 Å². The second kappa shape index (κ2) is 6.69. The number of piperidine rings is 1. The summed E-state index contributed by atoms with van der Waals surface area (Å²) in [5.74, 6) is 1.17. The van der Waals surface area contributed by atoms with Crippen LogP contribution >= 0.6 is 0 Å². The van der Waals surface area contributed by atoms with E-state index in [2.05, 4.69) is 17.9 Å². The number of hydrogen-bond donors (Lipinski definition) is 0. The predicted octanol–water partition coefficient (Wildman–Crippen LogP) is 4.75. The molecule has 3 rings (SSSR count). The molecule has 3 aliphatic rings. The molecule has 118 valence electrons. The first-order valence-electron chi connectivity index (χ1n) is 9.40. The van der Waals surface area contributed by atoms with Crippen LogP contribution < -0.4 is 0 Å². The molecule has 0 radical (unpaired) electrons. The Morgan fingerprint density at radius 1 is 1.05 bits per heavy atom. The quantitative estimate of drug-likeness (QED) is 0.733. The summed E-state index contributed by atoms with van der Waals surface area (Å²) in [6.07, 6.45) is 15.1. The van der Waals surface area contributed by atoms with Crippen molar-refractivity contribution in [1.82, 2.24) is 4.90 Å². The van der Waals surface area contributed by atoms with Crippen molar-refractivity contribution in [2.75, 3.05) is 13.1 Å². The highest BCUT2D eigenvalue weighted by Crippen LogP contribution is 2.46. The Morgan fingerprint density at radius 2 is 1.76 bits per heavy atom. The molecule has 2 heteroatoms. The molecule has 0 aromatic heterocycles.